The van der Waals surface area contributed by atoms with Gasteiger partial charge in [0.1, 0.15) is 4.21 Å². The lowest BCUT2D eigenvalue weighted by atomic mass is 10.3. The Morgan fingerprint density at radius 1 is 1.43 bits per heavy atom. The number of hydrogen-bond acceptors (Lipinski definition) is 5. The first-order valence-electron chi connectivity index (χ1n) is 6.31. The molecule has 0 radical (unpaired) electrons. The third-order valence-corrected chi connectivity index (χ3v) is 5.32. The Balaban J connectivity index is 1.71. The molecule has 0 unspecified atom stereocenters. The fraction of sp³-hybridized carbons (Fsp3) is 0.333. The van der Waals surface area contributed by atoms with E-state index in [9.17, 15) is 13.2 Å². The monoisotopic (exact) mass is 328 g/mol. The van der Waals surface area contributed by atoms with E-state index in [4.69, 9.17) is 5.14 Å². The van der Waals surface area contributed by atoms with Gasteiger partial charge in [-0.05, 0) is 24.6 Å². The molecule has 9 heteroatoms. The van der Waals surface area contributed by atoms with Crippen molar-refractivity contribution in [3.05, 3.63) is 35.5 Å². The Morgan fingerprint density at radius 3 is 2.86 bits per heavy atom. The number of rotatable bonds is 7. The van der Waals surface area contributed by atoms with E-state index >= 15 is 0 Å². The Labute approximate surface area is 126 Å². The van der Waals surface area contributed by atoms with Crippen LogP contribution in [0.2, 0.25) is 0 Å². The molecular weight excluding hydrogens is 312 g/mol. The van der Waals surface area contributed by atoms with E-state index in [2.05, 4.69) is 10.4 Å². The molecule has 0 saturated heterocycles. The number of thiophene rings is 1. The minimum absolute atomic E-state index is 0.0614. The summed E-state index contributed by atoms with van der Waals surface area (Å²) in [5, 5.41) is 11.8. The molecule has 0 fully saturated rings. The van der Waals surface area contributed by atoms with Gasteiger partial charge in [-0.1, -0.05) is 0 Å². The zero-order valence-electron chi connectivity index (χ0n) is 11.2. The molecule has 0 atom stereocenters. The van der Waals surface area contributed by atoms with Gasteiger partial charge >= 0.3 is 0 Å². The van der Waals surface area contributed by atoms with Crippen LogP contribution in [0.25, 0.3) is 0 Å². The first-order chi connectivity index (χ1) is 9.95. The van der Waals surface area contributed by atoms with Crippen molar-refractivity contribution in [2.24, 2.45) is 5.14 Å². The summed E-state index contributed by atoms with van der Waals surface area (Å²) in [6, 6.07) is 4.99. The second-order valence-electron chi connectivity index (χ2n) is 4.38. The maximum Gasteiger partial charge on any atom is 0.247 e. The summed E-state index contributed by atoms with van der Waals surface area (Å²) in [5.74, 6) is -0.0614. The number of aromatic nitrogens is 2. The molecule has 0 spiro atoms. The van der Waals surface area contributed by atoms with Gasteiger partial charge in [-0.2, -0.15) is 5.10 Å². The second kappa shape index (κ2) is 6.83. The summed E-state index contributed by atoms with van der Waals surface area (Å²) in [7, 11) is -3.64. The number of hydrogen-bond donors (Lipinski definition) is 2. The fourth-order valence-corrected chi connectivity index (χ4v) is 3.49. The van der Waals surface area contributed by atoms with Gasteiger partial charge in [0.25, 0.3) is 0 Å². The lowest BCUT2D eigenvalue weighted by Crippen LogP contribution is -2.26. The molecule has 0 aliphatic heterocycles. The zero-order chi connectivity index (χ0) is 15.3. The van der Waals surface area contributed by atoms with Crippen molar-refractivity contribution in [2.45, 2.75) is 23.6 Å². The fourth-order valence-electron chi connectivity index (χ4n) is 1.71. The number of carbonyl (C=O) groups excluding carboxylic acids is 1. The molecule has 2 aromatic heterocycles. The van der Waals surface area contributed by atoms with Gasteiger partial charge in [0.05, 0.1) is 0 Å². The predicted molar refractivity (Wildman–Crippen MR) is 79.2 cm³/mol. The number of sulfonamides is 1. The van der Waals surface area contributed by atoms with Gasteiger partial charge in [0, 0.05) is 36.8 Å². The largest absolute Gasteiger partial charge is 0.356 e. The van der Waals surface area contributed by atoms with Gasteiger partial charge in [0.15, 0.2) is 0 Å². The number of nitrogens with two attached hydrogens (primary N) is 1. The quantitative estimate of drug-likeness (QED) is 0.764. The van der Waals surface area contributed by atoms with Crippen LogP contribution in [0.5, 0.6) is 0 Å². The third-order valence-electron chi connectivity index (χ3n) is 2.74. The van der Waals surface area contributed by atoms with Crippen LogP contribution in [-0.4, -0.2) is 30.7 Å². The Kier molecular flexibility index (Phi) is 5.10. The van der Waals surface area contributed by atoms with Crippen molar-refractivity contribution in [3.8, 4) is 0 Å². The number of amides is 1. The van der Waals surface area contributed by atoms with Gasteiger partial charge in [-0.3, -0.25) is 9.48 Å². The lowest BCUT2D eigenvalue weighted by Gasteiger charge is -2.04. The van der Waals surface area contributed by atoms with Crippen molar-refractivity contribution in [1.29, 1.82) is 0 Å². The standard InChI is InChI=1S/C12H16N4O3S2/c13-21(18,19)12-3-2-10(20-12)4-7-14-11(17)5-9-16-8-1-6-15-16/h1-3,6,8H,4-5,7,9H2,(H,14,17)(H2,13,18,19). The number of primary sulfonamides is 1. The molecule has 0 aliphatic rings. The Morgan fingerprint density at radius 2 is 2.24 bits per heavy atom. The molecule has 0 bridgehead atoms. The molecule has 0 saturated carbocycles. The number of aryl methyl sites for hydroxylation is 1. The van der Waals surface area contributed by atoms with E-state index in [1.54, 1.807) is 29.2 Å². The molecule has 21 heavy (non-hydrogen) atoms. The molecule has 3 N–H and O–H groups in total. The molecule has 114 valence electrons. The number of nitrogens with zero attached hydrogens (tertiary/aromatic N) is 2. The van der Waals surface area contributed by atoms with Crippen LogP contribution in [-0.2, 0) is 27.8 Å². The van der Waals surface area contributed by atoms with Crippen molar-refractivity contribution < 1.29 is 13.2 Å². The maximum absolute atomic E-state index is 11.6. The summed E-state index contributed by atoms with van der Waals surface area (Å²) in [6.45, 7) is 0.996. The normalized spacial score (nSPS) is 11.5. The maximum atomic E-state index is 11.6. The first kappa shape index (κ1) is 15.7. The Hall–Kier alpha value is -1.71. The van der Waals surface area contributed by atoms with Crippen LogP contribution in [0.1, 0.15) is 11.3 Å². The van der Waals surface area contributed by atoms with Gasteiger partial charge in [-0.25, -0.2) is 13.6 Å². The van der Waals surface area contributed by atoms with Crippen molar-refractivity contribution >= 4 is 27.3 Å². The van der Waals surface area contributed by atoms with E-state index in [1.165, 1.54) is 6.07 Å². The highest BCUT2D eigenvalue weighted by Crippen LogP contribution is 2.20. The minimum atomic E-state index is -3.64. The van der Waals surface area contributed by atoms with E-state index in [0.717, 1.165) is 16.2 Å². The summed E-state index contributed by atoms with van der Waals surface area (Å²) < 4.78 is 24.1. The smallest absolute Gasteiger partial charge is 0.247 e. The zero-order valence-corrected chi connectivity index (χ0v) is 12.9. The molecule has 7 nitrogen and oxygen atoms in total. The number of nitrogens with one attached hydrogen (secondary N) is 1. The average molecular weight is 328 g/mol. The summed E-state index contributed by atoms with van der Waals surface area (Å²) in [5.41, 5.74) is 0. The topological polar surface area (TPSA) is 107 Å². The van der Waals surface area contributed by atoms with E-state index in [-0.39, 0.29) is 10.1 Å². The first-order valence-corrected chi connectivity index (χ1v) is 8.67. The molecule has 0 aliphatic carbocycles. The highest BCUT2D eigenvalue weighted by atomic mass is 32.2. The van der Waals surface area contributed by atoms with Crippen LogP contribution >= 0.6 is 11.3 Å². The van der Waals surface area contributed by atoms with Gasteiger partial charge in [-0.15, -0.1) is 11.3 Å². The molecule has 2 aromatic rings. The highest BCUT2D eigenvalue weighted by molar-refractivity contribution is 7.91. The van der Waals surface area contributed by atoms with E-state index in [1.807, 2.05) is 0 Å². The van der Waals surface area contributed by atoms with Crippen LogP contribution in [0.15, 0.2) is 34.8 Å². The van der Waals surface area contributed by atoms with Gasteiger partial charge < -0.3 is 5.32 Å². The average Bonchev–Trinajstić information content (AvgIpc) is 3.07. The molecular formula is C12H16N4O3S2. The minimum Gasteiger partial charge on any atom is -0.356 e. The second-order valence-corrected chi connectivity index (χ2v) is 7.34. The third kappa shape index (κ3) is 4.96. The number of carbonyl (C=O) groups is 1. The van der Waals surface area contributed by atoms with Crippen LogP contribution in [0.4, 0.5) is 0 Å². The van der Waals surface area contributed by atoms with Crippen molar-refractivity contribution in [3.63, 3.8) is 0 Å². The molecule has 0 aromatic carbocycles. The van der Waals surface area contributed by atoms with Crippen LogP contribution < -0.4 is 10.5 Å². The van der Waals surface area contributed by atoms with Crippen molar-refractivity contribution in [2.75, 3.05) is 6.54 Å². The summed E-state index contributed by atoms with van der Waals surface area (Å²) in [6.07, 6.45) is 4.40. The van der Waals surface area contributed by atoms with Crippen LogP contribution in [0, 0.1) is 0 Å². The predicted octanol–water partition coefficient (Wildman–Crippen LogP) is 0.341. The summed E-state index contributed by atoms with van der Waals surface area (Å²) in [4.78, 5) is 12.5. The molecule has 1 amide bonds. The van der Waals surface area contributed by atoms with Gasteiger partial charge in [0.2, 0.25) is 15.9 Å². The lowest BCUT2D eigenvalue weighted by molar-refractivity contribution is -0.121. The van der Waals surface area contributed by atoms with E-state index in [0.29, 0.717) is 25.9 Å². The Bertz CT molecular complexity index is 692. The van der Waals surface area contributed by atoms with Crippen molar-refractivity contribution in [1.82, 2.24) is 15.1 Å². The highest BCUT2D eigenvalue weighted by Gasteiger charge is 2.11. The van der Waals surface area contributed by atoms with E-state index < -0.39 is 10.0 Å². The summed E-state index contributed by atoms with van der Waals surface area (Å²) >= 11 is 1.12. The molecule has 2 rings (SSSR count). The van der Waals surface area contributed by atoms with Crippen LogP contribution in [0.3, 0.4) is 0 Å². The SMILES string of the molecule is NS(=O)(=O)c1ccc(CCNC(=O)CCn2cccn2)s1. The molecule has 2 heterocycles.